The molecule has 1 unspecified atom stereocenters. The molecule has 1 aromatic carbocycles. The highest BCUT2D eigenvalue weighted by atomic mass is 16.5. The van der Waals surface area contributed by atoms with Gasteiger partial charge < -0.3 is 14.6 Å². The maximum Gasteiger partial charge on any atom is 0.278 e. The Bertz CT molecular complexity index is 1050. The molecule has 1 amide bonds. The molecule has 7 heteroatoms. The van der Waals surface area contributed by atoms with E-state index in [2.05, 4.69) is 22.5 Å². The highest BCUT2D eigenvalue weighted by Crippen LogP contribution is 2.33. The van der Waals surface area contributed by atoms with Crippen LogP contribution in [0.3, 0.4) is 0 Å². The lowest BCUT2D eigenvalue weighted by Crippen LogP contribution is -2.17. The minimum atomic E-state index is -0.235. The van der Waals surface area contributed by atoms with Gasteiger partial charge in [0.1, 0.15) is 11.5 Å². The Hall–Kier alpha value is -3.09. The molecule has 30 heavy (non-hydrogen) atoms. The highest BCUT2D eigenvalue weighted by Gasteiger charge is 2.29. The fraction of sp³-hybridized carbons (Fsp3) is 0.435. The van der Waals surface area contributed by atoms with Crippen LogP contribution in [0.2, 0.25) is 0 Å². The van der Waals surface area contributed by atoms with Crippen LogP contribution in [0.15, 0.2) is 28.8 Å². The molecule has 3 aromatic rings. The predicted octanol–water partition coefficient (Wildman–Crippen LogP) is 4.63. The zero-order chi connectivity index (χ0) is 21.3. The molecule has 158 valence electrons. The van der Waals surface area contributed by atoms with Crippen molar-refractivity contribution in [3.8, 4) is 5.75 Å². The van der Waals surface area contributed by atoms with E-state index in [1.54, 1.807) is 0 Å². The molecule has 0 bridgehead atoms. The van der Waals surface area contributed by atoms with E-state index in [0.29, 0.717) is 24.8 Å². The third kappa shape index (κ3) is 3.84. The maximum absolute atomic E-state index is 12.9. The lowest BCUT2D eigenvalue weighted by Gasteiger charge is -2.15. The monoisotopic (exact) mass is 408 g/mol. The molecule has 1 aliphatic rings. The van der Waals surface area contributed by atoms with Gasteiger partial charge >= 0.3 is 0 Å². The molecule has 4 rings (SSSR count). The van der Waals surface area contributed by atoms with Crippen molar-refractivity contribution in [1.29, 1.82) is 0 Å². The number of anilines is 1. The zero-order valence-corrected chi connectivity index (χ0v) is 18.0. The van der Waals surface area contributed by atoms with Crippen LogP contribution in [0.25, 0.3) is 0 Å². The average molecular weight is 409 g/mol. The van der Waals surface area contributed by atoms with Crippen LogP contribution < -0.4 is 10.1 Å². The molecular formula is C23H28N4O3. The first-order valence-electron chi connectivity index (χ1n) is 10.5. The Morgan fingerprint density at radius 3 is 2.80 bits per heavy atom. The van der Waals surface area contributed by atoms with Crippen molar-refractivity contribution in [3.63, 3.8) is 0 Å². The summed E-state index contributed by atoms with van der Waals surface area (Å²) in [6, 6.07) is 7.98. The number of fused-ring (bicyclic) bond motifs is 1. The van der Waals surface area contributed by atoms with E-state index >= 15 is 0 Å². The van der Waals surface area contributed by atoms with Crippen molar-refractivity contribution in [1.82, 2.24) is 14.9 Å². The standard InChI is InChI=1S/C23H28N4O3/c1-5-29-18-11-9-17(10-12-18)13-27-16(4)20(15(3)25-27)24-23(28)21-19-8-6-7-14(2)22(19)30-26-21/h9-12,14H,5-8,13H2,1-4H3,(H,24,28). The first kappa shape index (κ1) is 20.2. The Labute approximate surface area is 176 Å². The van der Waals surface area contributed by atoms with E-state index in [9.17, 15) is 4.79 Å². The first-order valence-corrected chi connectivity index (χ1v) is 10.5. The van der Waals surface area contributed by atoms with Gasteiger partial charge in [-0.25, -0.2) is 0 Å². The van der Waals surface area contributed by atoms with E-state index in [-0.39, 0.29) is 5.91 Å². The molecule has 0 radical (unpaired) electrons. The number of aryl methyl sites for hydroxylation is 1. The van der Waals surface area contributed by atoms with Crippen LogP contribution in [-0.2, 0) is 13.0 Å². The summed E-state index contributed by atoms with van der Waals surface area (Å²) in [6.07, 6.45) is 2.95. The number of ether oxygens (including phenoxy) is 1. The average Bonchev–Trinajstić information content (AvgIpc) is 3.27. The maximum atomic E-state index is 12.9. The Morgan fingerprint density at radius 2 is 2.07 bits per heavy atom. The number of amides is 1. The van der Waals surface area contributed by atoms with Gasteiger partial charge in [0.2, 0.25) is 0 Å². The molecule has 1 atom stereocenters. The third-order valence-corrected chi connectivity index (χ3v) is 5.73. The lowest BCUT2D eigenvalue weighted by atomic mass is 9.88. The molecule has 2 aromatic heterocycles. The lowest BCUT2D eigenvalue weighted by molar-refractivity contribution is 0.101. The quantitative estimate of drug-likeness (QED) is 0.643. The SMILES string of the molecule is CCOc1ccc(Cn2nc(C)c(NC(=O)c3noc4c3CCCC4C)c2C)cc1. The fourth-order valence-electron chi connectivity index (χ4n) is 4.08. The van der Waals surface area contributed by atoms with Crippen molar-refractivity contribution >= 4 is 11.6 Å². The largest absolute Gasteiger partial charge is 0.494 e. The van der Waals surface area contributed by atoms with Crippen LogP contribution in [0.1, 0.15) is 71.4 Å². The molecule has 0 fully saturated rings. The van der Waals surface area contributed by atoms with Crippen molar-refractivity contribution in [3.05, 3.63) is 58.2 Å². The summed E-state index contributed by atoms with van der Waals surface area (Å²) in [6.45, 7) is 9.21. The molecule has 1 aliphatic carbocycles. The molecule has 7 nitrogen and oxygen atoms in total. The fourth-order valence-corrected chi connectivity index (χ4v) is 4.08. The van der Waals surface area contributed by atoms with Crippen molar-refractivity contribution in [2.45, 2.75) is 59.4 Å². The molecule has 0 saturated carbocycles. The van der Waals surface area contributed by atoms with E-state index in [1.165, 1.54) is 0 Å². The normalized spacial score (nSPS) is 15.7. The second kappa shape index (κ2) is 8.34. The van der Waals surface area contributed by atoms with Gasteiger partial charge in [0.05, 0.1) is 30.2 Å². The van der Waals surface area contributed by atoms with Gasteiger partial charge in [-0.2, -0.15) is 5.10 Å². The minimum absolute atomic E-state index is 0.235. The van der Waals surface area contributed by atoms with Crippen molar-refractivity contribution in [2.24, 2.45) is 0 Å². The number of hydrogen-bond donors (Lipinski definition) is 1. The summed E-state index contributed by atoms with van der Waals surface area (Å²) < 4.78 is 12.9. The van der Waals surface area contributed by atoms with Crippen molar-refractivity contribution in [2.75, 3.05) is 11.9 Å². The first-order chi connectivity index (χ1) is 14.5. The molecule has 0 spiro atoms. The smallest absolute Gasteiger partial charge is 0.278 e. The van der Waals surface area contributed by atoms with Gasteiger partial charge in [-0.3, -0.25) is 9.48 Å². The zero-order valence-electron chi connectivity index (χ0n) is 18.0. The molecule has 1 N–H and O–H groups in total. The van der Waals surface area contributed by atoms with E-state index < -0.39 is 0 Å². The van der Waals surface area contributed by atoms with Crippen LogP contribution in [0, 0.1) is 13.8 Å². The van der Waals surface area contributed by atoms with Crippen LogP contribution in [0.5, 0.6) is 5.75 Å². The summed E-state index contributed by atoms with van der Waals surface area (Å²) in [7, 11) is 0. The predicted molar refractivity (Wildman–Crippen MR) is 114 cm³/mol. The van der Waals surface area contributed by atoms with Crippen LogP contribution in [0.4, 0.5) is 5.69 Å². The van der Waals surface area contributed by atoms with E-state index in [1.807, 2.05) is 49.7 Å². The van der Waals surface area contributed by atoms with Gasteiger partial charge in [0.15, 0.2) is 5.69 Å². The van der Waals surface area contributed by atoms with Gasteiger partial charge in [0.25, 0.3) is 5.91 Å². The topological polar surface area (TPSA) is 82.2 Å². The number of nitrogens with one attached hydrogen (secondary N) is 1. The summed E-state index contributed by atoms with van der Waals surface area (Å²) >= 11 is 0. The van der Waals surface area contributed by atoms with Crippen LogP contribution >= 0.6 is 0 Å². The van der Waals surface area contributed by atoms with Crippen LogP contribution in [-0.4, -0.2) is 27.5 Å². The summed E-state index contributed by atoms with van der Waals surface area (Å²) in [4.78, 5) is 12.9. The number of aromatic nitrogens is 3. The molecular weight excluding hydrogens is 380 g/mol. The minimum Gasteiger partial charge on any atom is -0.494 e. The Morgan fingerprint density at radius 1 is 1.30 bits per heavy atom. The van der Waals surface area contributed by atoms with E-state index in [4.69, 9.17) is 9.26 Å². The summed E-state index contributed by atoms with van der Waals surface area (Å²) in [5.41, 5.74) is 4.86. The number of rotatable bonds is 6. The number of benzene rings is 1. The second-order valence-corrected chi connectivity index (χ2v) is 7.90. The van der Waals surface area contributed by atoms with Crippen molar-refractivity contribution < 1.29 is 14.1 Å². The van der Waals surface area contributed by atoms with E-state index in [0.717, 1.165) is 59.0 Å². The Balaban J connectivity index is 1.52. The van der Waals surface area contributed by atoms with Gasteiger partial charge in [0, 0.05) is 11.5 Å². The van der Waals surface area contributed by atoms with Gasteiger partial charge in [-0.1, -0.05) is 24.2 Å². The second-order valence-electron chi connectivity index (χ2n) is 7.90. The number of hydrogen-bond acceptors (Lipinski definition) is 5. The van der Waals surface area contributed by atoms with Gasteiger partial charge in [-0.15, -0.1) is 0 Å². The summed E-state index contributed by atoms with van der Waals surface area (Å²) in [5.74, 6) is 1.78. The number of nitrogens with zero attached hydrogens (tertiary/aromatic N) is 3. The summed E-state index contributed by atoms with van der Waals surface area (Å²) in [5, 5.41) is 11.7. The molecule has 0 aliphatic heterocycles. The third-order valence-electron chi connectivity index (χ3n) is 5.73. The highest BCUT2D eigenvalue weighted by molar-refractivity contribution is 6.04. The number of carbonyl (C=O) groups excluding carboxylic acids is 1. The number of carbonyl (C=O) groups is 1. The van der Waals surface area contributed by atoms with Gasteiger partial charge in [-0.05, 0) is 57.7 Å². The Kier molecular flexibility index (Phi) is 5.61. The molecule has 0 saturated heterocycles. The molecule has 2 heterocycles.